The Labute approximate surface area is 373 Å². The average molecular weight is 835 g/mol. The quantitative estimate of drug-likeness (QED) is 0.159. The molecule has 0 aliphatic heterocycles. The van der Waals surface area contributed by atoms with Crippen LogP contribution in [-0.4, -0.2) is 4.57 Å². The molecule has 0 fully saturated rings. The number of hydrogen-bond acceptors (Lipinski definition) is 3. The number of anilines is 3. The predicted molar refractivity (Wildman–Crippen MR) is 272 cm³/mol. The molecule has 0 saturated heterocycles. The van der Waals surface area contributed by atoms with Crippen LogP contribution in [0.5, 0.6) is 0 Å². The molecule has 3 heterocycles. The summed E-state index contributed by atoms with van der Waals surface area (Å²) in [6.07, 6.45) is 0. The van der Waals surface area contributed by atoms with Crippen LogP contribution in [0.1, 0.15) is 0 Å². The lowest BCUT2D eigenvalue weighted by molar-refractivity contribution is 0.669. The van der Waals surface area contributed by atoms with E-state index in [2.05, 4.69) is 228 Å². The van der Waals surface area contributed by atoms with Crippen LogP contribution in [0.4, 0.5) is 17.1 Å². The number of aromatic nitrogens is 1. The van der Waals surface area contributed by atoms with Crippen molar-refractivity contribution in [3.8, 4) is 39.1 Å². The van der Waals surface area contributed by atoms with Crippen molar-refractivity contribution in [2.45, 2.75) is 0 Å². The molecule has 13 rings (SSSR count). The van der Waals surface area contributed by atoms with E-state index in [4.69, 9.17) is 4.42 Å². The maximum atomic E-state index is 6.36. The van der Waals surface area contributed by atoms with Crippen LogP contribution in [0.15, 0.2) is 235 Å². The number of hydrogen-bond donors (Lipinski definition) is 0. The first-order chi connectivity index (χ1) is 31.7. The second kappa shape index (κ2) is 14.7. The van der Waals surface area contributed by atoms with E-state index in [9.17, 15) is 0 Å². The summed E-state index contributed by atoms with van der Waals surface area (Å²) in [5.74, 6) is 0. The van der Waals surface area contributed by atoms with Gasteiger partial charge in [0.25, 0.3) is 0 Å². The van der Waals surface area contributed by atoms with Crippen LogP contribution in [-0.2, 0) is 0 Å². The summed E-state index contributed by atoms with van der Waals surface area (Å²) in [5.41, 5.74) is 15.7. The van der Waals surface area contributed by atoms with Crippen molar-refractivity contribution in [1.29, 1.82) is 0 Å². The Kier molecular flexibility index (Phi) is 8.40. The normalized spacial score (nSPS) is 11.8. The third-order valence-corrected chi connectivity index (χ3v) is 14.0. The van der Waals surface area contributed by atoms with Gasteiger partial charge in [-0.1, -0.05) is 152 Å². The first-order valence-corrected chi connectivity index (χ1v) is 22.6. The summed E-state index contributed by atoms with van der Waals surface area (Å²) in [5, 5.41) is 7.37. The fourth-order valence-electron chi connectivity index (χ4n) is 9.72. The minimum absolute atomic E-state index is 0.899. The van der Waals surface area contributed by atoms with Crippen molar-refractivity contribution >= 4 is 92.3 Å². The average Bonchev–Trinajstić information content (AvgIpc) is 4.04. The van der Waals surface area contributed by atoms with Crippen LogP contribution >= 0.6 is 11.3 Å². The van der Waals surface area contributed by atoms with E-state index in [1.807, 2.05) is 23.5 Å². The molecule has 0 N–H and O–H groups in total. The molecule has 300 valence electrons. The summed E-state index contributed by atoms with van der Waals surface area (Å²) in [6, 6.07) is 83.3. The molecule has 0 aliphatic rings. The molecule has 0 radical (unpaired) electrons. The zero-order chi connectivity index (χ0) is 42.1. The predicted octanol–water partition coefficient (Wildman–Crippen LogP) is 17.5. The molecule has 4 heteroatoms. The molecule has 0 bridgehead atoms. The zero-order valence-electron chi connectivity index (χ0n) is 34.7. The maximum absolute atomic E-state index is 6.36. The van der Waals surface area contributed by atoms with Gasteiger partial charge in [0.15, 0.2) is 0 Å². The van der Waals surface area contributed by atoms with Crippen molar-refractivity contribution in [1.82, 2.24) is 4.57 Å². The highest BCUT2D eigenvalue weighted by atomic mass is 32.1. The summed E-state index contributed by atoms with van der Waals surface area (Å²) in [7, 11) is 0. The SMILES string of the molecule is c1ccc(-c2ccc(N(c3ccc(-c4ccc(-n5c6ccccc6c6cc7c(cc65)oc5ccccc57)cc4)cc3)c3ccc(-c4cccc5c4sc4ccccc45)cc3)cc2)cc1. The fourth-order valence-corrected chi connectivity index (χ4v) is 11.0. The molecular formula is C60H38N2OS. The van der Waals surface area contributed by atoms with Gasteiger partial charge in [0.1, 0.15) is 11.2 Å². The Morgan fingerprint density at radius 3 is 1.59 bits per heavy atom. The van der Waals surface area contributed by atoms with Crippen LogP contribution in [0.3, 0.4) is 0 Å². The largest absolute Gasteiger partial charge is 0.456 e. The van der Waals surface area contributed by atoms with Crippen molar-refractivity contribution < 1.29 is 4.42 Å². The van der Waals surface area contributed by atoms with E-state index in [0.717, 1.165) is 61.3 Å². The van der Waals surface area contributed by atoms with E-state index in [1.165, 1.54) is 58.7 Å². The Morgan fingerprint density at radius 2 is 0.891 bits per heavy atom. The van der Waals surface area contributed by atoms with Gasteiger partial charge >= 0.3 is 0 Å². The number of thiophene rings is 1. The van der Waals surface area contributed by atoms with Crippen LogP contribution in [0, 0.1) is 0 Å². The molecule has 64 heavy (non-hydrogen) atoms. The third-order valence-electron chi connectivity index (χ3n) is 12.8. The van der Waals surface area contributed by atoms with Gasteiger partial charge in [0.05, 0.1) is 11.0 Å². The summed E-state index contributed by atoms with van der Waals surface area (Å²) < 4.78 is 11.4. The summed E-state index contributed by atoms with van der Waals surface area (Å²) in [6.45, 7) is 0. The fraction of sp³-hybridized carbons (Fsp3) is 0. The molecule has 10 aromatic carbocycles. The summed E-state index contributed by atoms with van der Waals surface area (Å²) >= 11 is 1.87. The Bertz CT molecular complexity index is 3860. The molecule has 13 aromatic rings. The highest BCUT2D eigenvalue weighted by Gasteiger charge is 2.18. The lowest BCUT2D eigenvalue weighted by Gasteiger charge is -2.26. The van der Waals surface area contributed by atoms with E-state index in [-0.39, 0.29) is 0 Å². The minimum atomic E-state index is 0.899. The molecule has 3 nitrogen and oxygen atoms in total. The molecule has 0 spiro atoms. The molecule has 3 aromatic heterocycles. The molecular weight excluding hydrogens is 797 g/mol. The van der Waals surface area contributed by atoms with Gasteiger partial charge in [-0.05, 0) is 106 Å². The van der Waals surface area contributed by atoms with E-state index >= 15 is 0 Å². The highest BCUT2D eigenvalue weighted by molar-refractivity contribution is 7.26. The van der Waals surface area contributed by atoms with Gasteiger partial charge < -0.3 is 13.9 Å². The molecule has 0 aliphatic carbocycles. The number of fused-ring (bicyclic) bond motifs is 9. The number of nitrogens with zero attached hydrogens (tertiary/aromatic N) is 2. The van der Waals surface area contributed by atoms with Gasteiger partial charge in [0, 0.05) is 70.5 Å². The van der Waals surface area contributed by atoms with Crippen LogP contribution in [0.2, 0.25) is 0 Å². The Balaban J connectivity index is 0.857. The van der Waals surface area contributed by atoms with Gasteiger partial charge in [-0.3, -0.25) is 0 Å². The van der Waals surface area contributed by atoms with Gasteiger partial charge in [-0.25, -0.2) is 0 Å². The standard InChI is InChI=1S/C60H38N2OS/c1-2-11-39(12-3-1)40-21-29-44(30-22-40)61(46-35-27-43(28-36-46)48-16-10-17-52-51-15-6-9-20-59(51)64-60(48)52)45-31-23-41(24-32-45)42-25-33-47(34-26-42)62-55-18-7-4-13-49(55)53-37-54-50-14-5-8-19-57(50)63-58(54)38-56(53)62/h1-38H. The smallest absolute Gasteiger partial charge is 0.137 e. The maximum Gasteiger partial charge on any atom is 0.137 e. The van der Waals surface area contributed by atoms with E-state index in [1.54, 1.807) is 0 Å². The van der Waals surface area contributed by atoms with Crippen molar-refractivity contribution in [3.05, 3.63) is 231 Å². The molecule has 0 unspecified atom stereocenters. The molecule has 0 amide bonds. The van der Waals surface area contributed by atoms with Crippen LogP contribution in [0.25, 0.3) is 103 Å². The van der Waals surface area contributed by atoms with Gasteiger partial charge in [-0.15, -0.1) is 11.3 Å². The second-order valence-electron chi connectivity index (χ2n) is 16.5. The molecule has 0 saturated carbocycles. The first kappa shape index (κ1) is 36.5. The number of rotatable bonds is 7. The minimum Gasteiger partial charge on any atom is -0.456 e. The lowest BCUT2D eigenvalue weighted by Crippen LogP contribution is -2.09. The van der Waals surface area contributed by atoms with Crippen molar-refractivity contribution in [2.75, 3.05) is 4.90 Å². The zero-order valence-corrected chi connectivity index (χ0v) is 35.5. The third kappa shape index (κ3) is 5.95. The monoisotopic (exact) mass is 834 g/mol. The topological polar surface area (TPSA) is 21.3 Å². The number of furan rings is 1. The van der Waals surface area contributed by atoms with Crippen molar-refractivity contribution in [3.63, 3.8) is 0 Å². The lowest BCUT2D eigenvalue weighted by atomic mass is 10.0. The van der Waals surface area contributed by atoms with Crippen LogP contribution < -0.4 is 4.90 Å². The number of para-hydroxylation sites is 2. The number of benzene rings is 10. The van der Waals surface area contributed by atoms with Gasteiger partial charge in [-0.2, -0.15) is 0 Å². The van der Waals surface area contributed by atoms with E-state index in [0.29, 0.717) is 0 Å². The Morgan fingerprint density at radius 1 is 0.344 bits per heavy atom. The first-order valence-electron chi connectivity index (χ1n) is 21.7. The van der Waals surface area contributed by atoms with E-state index < -0.39 is 0 Å². The Hall–Kier alpha value is -8.18. The molecule has 0 atom stereocenters. The highest BCUT2D eigenvalue weighted by Crippen LogP contribution is 2.43. The van der Waals surface area contributed by atoms with Crippen molar-refractivity contribution in [2.24, 2.45) is 0 Å². The summed E-state index contributed by atoms with van der Waals surface area (Å²) in [4.78, 5) is 2.35. The van der Waals surface area contributed by atoms with Gasteiger partial charge in [0.2, 0.25) is 0 Å². The second-order valence-corrected chi connectivity index (χ2v) is 17.5.